The van der Waals surface area contributed by atoms with E-state index in [1.165, 1.54) is 17.0 Å². The van der Waals surface area contributed by atoms with E-state index in [4.69, 9.17) is 9.47 Å². The summed E-state index contributed by atoms with van der Waals surface area (Å²) in [4.78, 5) is 22.8. The molecule has 0 aliphatic rings. The Morgan fingerprint density at radius 2 is 1.63 bits per heavy atom. The molecule has 1 heterocycles. The molecule has 0 N–H and O–H groups in total. The molecule has 1 aromatic carbocycles. The van der Waals surface area contributed by atoms with Crippen molar-refractivity contribution in [1.82, 2.24) is 4.57 Å². The maximum absolute atomic E-state index is 11.4. The third-order valence-electron chi connectivity index (χ3n) is 2.37. The highest BCUT2D eigenvalue weighted by atomic mass is 16.6. The Labute approximate surface area is 110 Å². The van der Waals surface area contributed by atoms with Crippen LogP contribution in [0.2, 0.25) is 0 Å². The fourth-order valence-electron chi connectivity index (χ4n) is 1.43. The summed E-state index contributed by atoms with van der Waals surface area (Å²) in [5, 5.41) is 0. The van der Waals surface area contributed by atoms with Crippen molar-refractivity contribution in [2.75, 3.05) is 6.61 Å². The van der Waals surface area contributed by atoms with Crippen LogP contribution < -0.4 is 0 Å². The largest absolute Gasteiger partial charge is 0.458 e. The van der Waals surface area contributed by atoms with Gasteiger partial charge in [-0.3, -0.25) is 4.57 Å². The summed E-state index contributed by atoms with van der Waals surface area (Å²) < 4.78 is 11.0. The minimum absolute atomic E-state index is 0.167. The SMILES string of the molecule is O=C(COC(=O)n1cccc1)OCc1ccccc1. The first kappa shape index (κ1) is 12.9. The molecule has 5 nitrogen and oxygen atoms in total. The molecule has 5 heteroatoms. The quantitative estimate of drug-likeness (QED) is 0.790. The van der Waals surface area contributed by atoms with Crippen LogP contribution >= 0.6 is 0 Å². The predicted octanol–water partition coefficient (Wildman–Crippen LogP) is 2.22. The highest BCUT2D eigenvalue weighted by Gasteiger charge is 2.09. The van der Waals surface area contributed by atoms with Gasteiger partial charge in [0.1, 0.15) is 6.61 Å². The zero-order chi connectivity index (χ0) is 13.5. The van der Waals surface area contributed by atoms with Crippen molar-refractivity contribution in [3.05, 3.63) is 60.4 Å². The van der Waals surface area contributed by atoms with Crippen LogP contribution in [-0.4, -0.2) is 23.2 Å². The van der Waals surface area contributed by atoms with Crippen molar-refractivity contribution in [3.63, 3.8) is 0 Å². The first-order chi connectivity index (χ1) is 9.25. The predicted molar refractivity (Wildman–Crippen MR) is 67.4 cm³/mol. The van der Waals surface area contributed by atoms with Crippen LogP contribution in [0.5, 0.6) is 0 Å². The second-order valence-corrected chi connectivity index (χ2v) is 3.79. The van der Waals surface area contributed by atoms with Gasteiger partial charge in [-0.25, -0.2) is 9.59 Å². The number of carbonyl (C=O) groups excluding carboxylic acids is 2. The minimum atomic E-state index is -0.610. The van der Waals surface area contributed by atoms with Crippen molar-refractivity contribution in [1.29, 1.82) is 0 Å². The fourth-order valence-corrected chi connectivity index (χ4v) is 1.43. The van der Waals surface area contributed by atoms with Gasteiger partial charge in [-0.05, 0) is 17.7 Å². The van der Waals surface area contributed by atoms with Crippen LogP contribution in [0.15, 0.2) is 54.9 Å². The summed E-state index contributed by atoms with van der Waals surface area (Å²) in [5.41, 5.74) is 0.882. The second kappa shape index (κ2) is 6.39. The van der Waals surface area contributed by atoms with Gasteiger partial charge in [0.25, 0.3) is 0 Å². The van der Waals surface area contributed by atoms with Crippen LogP contribution in [0.25, 0.3) is 0 Å². The summed E-state index contributed by atoms with van der Waals surface area (Å²) in [6, 6.07) is 12.7. The first-order valence-corrected chi connectivity index (χ1v) is 5.75. The van der Waals surface area contributed by atoms with Crippen LogP contribution in [0.1, 0.15) is 5.56 Å². The Morgan fingerprint density at radius 3 is 2.32 bits per heavy atom. The molecule has 0 fully saturated rings. The van der Waals surface area contributed by atoms with Gasteiger partial charge in [0, 0.05) is 12.4 Å². The molecule has 0 unspecified atom stereocenters. The Balaban J connectivity index is 1.72. The van der Waals surface area contributed by atoms with Crippen molar-refractivity contribution >= 4 is 12.1 Å². The molecule has 0 saturated heterocycles. The van der Waals surface area contributed by atoms with E-state index in [1.807, 2.05) is 30.3 Å². The standard InChI is InChI=1S/C14H13NO4/c16-13(18-10-12-6-2-1-3-7-12)11-19-14(17)15-8-4-5-9-15/h1-9H,10-11H2. The number of rotatable bonds is 4. The van der Waals surface area contributed by atoms with Gasteiger partial charge < -0.3 is 9.47 Å². The molecule has 0 aliphatic carbocycles. The Bertz CT molecular complexity index is 534. The molecule has 0 saturated carbocycles. The summed E-state index contributed by atoms with van der Waals surface area (Å²) in [6.45, 7) is -0.232. The lowest BCUT2D eigenvalue weighted by molar-refractivity contribution is -0.148. The normalized spacial score (nSPS) is 9.89. The third kappa shape index (κ3) is 3.99. The molecule has 0 amide bonds. The molecule has 0 spiro atoms. The number of esters is 1. The van der Waals surface area contributed by atoms with E-state index in [0.717, 1.165) is 5.56 Å². The van der Waals surface area contributed by atoms with Gasteiger partial charge in [-0.1, -0.05) is 30.3 Å². The van der Waals surface area contributed by atoms with Crippen molar-refractivity contribution in [2.45, 2.75) is 6.61 Å². The molecular formula is C14H13NO4. The lowest BCUT2D eigenvalue weighted by Crippen LogP contribution is -2.19. The van der Waals surface area contributed by atoms with Gasteiger partial charge >= 0.3 is 12.1 Å². The number of aromatic nitrogens is 1. The van der Waals surface area contributed by atoms with Crippen LogP contribution in [0, 0.1) is 0 Å². The van der Waals surface area contributed by atoms with E-state index in [2.05, 4.69) is 0 Å². The number of benzene rings is 1. The molecule has 0 radical (unpaired) electrons. The van der Waals surface area contributed by atoms with E-state index in [9.17, 15) is 9.59 Å². The van der Waals surface area contributed by atoms with Gasteiger partial charge in [-0.2, -0.15) is 0 Å². The summed E-state index contributed by atoms with van der Waals surface area (Å²) >= 11 is 0. The third-order valence-corrected chi connectivity index (χ3v) is 2.37. The first-order valence-electron chi connectivity index (χ1n) is 5.75. The minimum Gasteiger partial charge on any atom is -0.458 e. The van der Waals surface area contributed by atoms with E-state index in [-0.39, 0.29) is 6.61 Å². The van der Waals surface area contributed by atoms with E-state index < -0.39 is 18.7 Å². The van der Waals surface area contributed by atoms with Crippen LogP contribution in [0.4, 0.5) is 4.79 Å². The van der Waals surface area contributed by atoms with Crippen molar-refractivity contribution in [3.8, 4) is 0 Å². The highest BCUT2D eigenvalue weighted by Crippen LogP contribution is 2.01. The molecule has 2 aromatic rings. The molecule has 2 rings (SSSR count). The van der Waals surface area contributed by atoms with Gasteiger partial charge in [0.05, 0.1) is 0 Å². The highest BCUT2D eigenvalue weighted by molar-refractivity contribution is 5.76. The zero-order valence-electron chi connectivity index (χ0n) is 10.2. The Kier molecular flexibility index (Phi) is 4.34. The summed E-state index contributed by atoms with van der Waals surface area (Å²) in [7, 11) is 0. The summed E-state index contributed by atoms with van der Waals surface area (Å²) in [5.74, 6) is -0.579. The smallest absolute Gasteiger partial charge is 0.418 e. The van der Waals surface area contributed by atoms with Crippen molar-refractivity contribution in [2.24, 2.45) is 0 Å². The molecule has 1 aromatic heterocycles. The number of nitrogens with zero attached hydrogens (tertiary/aromatic N) is 1. The number of hydrogen-bond acceptors (Lipinski definition) is 4. The van der Waals surface area contributed by atoms with Crippen LogP contribution in [-0.2, 0) is 20.9 Å². The zero-order valence-corrected chi connectivity index (χ0v) is 10.2. The molecule has 0 aliphatic heterocycles. The second-order valence-electron chi connectivity index (χ2n) is 3.79. The molecule has 0 atom stereocenters. The van der Waals surface area contributed by atoms with Gasteiger partial charge in [-0.15, -0.1) is 0 Å². The van der Waals surface area contributed by atoms with Gasteiger partial charge in [0.15, 0.2) is 6.61 Å². The summed E-state index contributed by atoms with van der Waals surface area (Å²) in [6.07, 6.45) is 2.47. The average Bonchev–Trinajstić information content (AvgIpc) is 2.98. The topological polar surface area (TPSA) is 57.5 Å². The number of ether oxygens (including phenoxy) is 2. The maximum Gasteiger partial charge on any atom is 0.418 e. The van der Waals surface area contributed by atoms with E-state index in [1.54, 1.807) is 12.1 Å². The monoisotopic (exact) mass is 259 g/mol. The number of carbonyl (C=O) groups is 2. The molecule has 19 heavy (non-hydrogen) atoms. The molecule has 0 bridgehead atoms. The molecular weight excluding hydrogens is 246 g/mol. The van der Waals surface area contributed by atoms with Crippen molar-refractivity contribution < 1.29 is 19.1 Å². The van der Waals surface area contributed by atoms with Gasteiger partial charge in [0.2, 0.25) is 0 Å². The van der Waals surface area contributed by atoms with E-state index >= 15 is 0 Å². The fraction of sp³-hybridized carbons (Fsp3) is 0.143. The molecule has 98 valence electrons. The Morgan fingerprint density at radius 1 is 0.947 bits per heavy atom. The lowest BCUT2D eigenvalue weighted by Gasteiger charge is -2.06. The lowest BCUT2D eigenvalue weighted by atomic mass is 10.2. The van der Waals surface area contributed by atoms with Crippen LogP contribution in [0.3, 0.4) is 0 Å². The Hall–Kier alpha value is -2.56. The van der Waals surface area contributed by atoms with E-state index in [0.29, 0.717) is 0 Å². The average molecular weight is 259 g/mol. The maximum atomic E-state index is 11.4. The number of hydrogen-bond donors (Lipinski definition) is 0.